The molecule has 1 aromatic heterocycles. The Hall–Kier alpha value is -0.790. The Morgan fingerprint density at radius 3 is 2.12 bits per heavy atom. The van der Waals surface area contributed by atoms with E-state index in [4.69, 9.17) is 0 Å². The molecule has 1 atom stereocenters. The number of thiophene rings is 1. The summed E-state index contributed by atoms with van der Waals surface area (Å²) in [5.74, 6) is 0. The van der Waals surface area contributed by atoms with Gasteiger partial charge in [-0.05, 0) is 29.1 Å². The molecule has 1 N–H and O–H groups in total. The highest BCUT2D eigenvalue weighted by Crippen LogP contribution is 2.34. The Morgan fingerprint density at radius 1 is 1.00 bits per heavy atom. The third-order valence-electron chi connectivity index (χ3n) is 3.88. The minimum absolute atomic E-state index is 0. The molecule has 0 unspecified atom stereocenters. The van der Waals surface area contributed by atoms with Gasteiger partial charge >= 0.3 is 6.18 Å². The first-order valence-electron chi connectivity index (χ1n) is 7.21. The summed E-state index contributed by atoms with van der Waals surface area (Å²) in [6.07, 6.45) is -4.29. The van der Waals surface area contributed by atoms with Crippen LogP contribution in [0.3, 0.4) is 0 Å². The minimum Gasteiger partial charge on any atom is -0.314 e. The number of nitrogens with zero attached hydrogens (tertiary/aromatic N) is 1. The van der Waals surface area contributed by atoms with E-state index in [0.29, 0.717) is 0 Å². The maximum Gasteiger partial charge on any atom is 0.416 e. The van der Waals surface area contributed by atoms with E-state index in [1.54, 1.807) is 23.5 Å². The maximum absolute atomic E-state index is 12.7. The molecular weight excluding hydrogens is 380 g/mol. The number of benzene rings is 1. The highest BCUT2D eigenvalue weighted by molar-refractivity contribution is 7.10. The zero-order valence-electron chi connectivity index (χ0n) is 12.8. The Bertz CT molecular complexity index is 597. The van der Waals surface area contributed by atoms with Gasteiger partial charge in [-0.25, -0.2) is 0 Å². The van der Waals surface area contributed by atoms with Gasteiger partial charge < -0.3 is 5.32 Å². The summed E-state index contributed by atoms with van der Waals surface area (Å²) in [4.78, 5) is 3.49. The molecule has 0 aliphatic carbocycles. The second-order valence-electron chi connectivity index (χ2n) is 5.32. The molecule has 2 aromatic rings. The molecule has 0 bridgehead atoms. The fraction of sp³-hybridized carbons (Fsp3) is 0.375. The van der Waals surface area contributed by atoms with Crippen molar-refractivity contribution < 1.29 is 13.2 Å². The third-order valence-corrected chi connectivity index (χ3v) is 4.81. The number of hydrogen-bond donors (Lipinski definition) is 1. The van der Waals surface area contributed by atoms with Crippen molar-refractivity contribution in [2.24, 2.45) is 0 Å². The summed E-state index contributed by atoms with van der Waals surface area (Å²) in [5.41, 5.74) is 0.318. The number of alkyl halides is 3. The van der Waals surface area contributed by atoms with Gasteiger partial charge in [0.15, 0.2) is 0 Å². The largest absolute Gasteiger partial charge is 0.416 e. The van der Waals surface area contributed by atoms with Crippen molar-refractivity contribution in [2.75, 3.05) is 26.2 Å². The van der Waals surface area contributed by atoms with Gasteiger partial charge in [0.2, 0.25) is 0 Å². The zero-order valence-corrected chi connectivity index (χ0v) is 15.2. The molecule has 24 heavy (non-hydrogen) atoms. The van der Waals surface area contributed by atoms with Crippen LogP contribution in [0.15, 0.2) is 41.8 Å². The smallest absolute Gasteiger partial charge is 0.314 e. The van der Waals surface area contributed by atoms with Crippen molar-refractivity contribution in [3.63, 3.8) is 0 Å². The van der Waals surface area contributed by atoms with Crippen molar-refractivity contribution in [2.45, 2.75) is 12.2 Å². The van der Waals surface area contributed by atoms with Gasteiger partial charge in [0.25, 0.3) is 0 Å². The molecule has 0 spiro atoms. The van der Waals surface area contributed by atoms with Gasteiger partial charge in [-0.15, -0.1) is 36.2 Å². The lowest BCUT2D eigenvalue weighted by molar-refractivity contribution is -0.137. The summed E-state index contributed by atoms with van der Waals surface area (Å²) < 4.78 is 38.2. The first kappa shape index (κ1) is 21.3. The number of halogens is 5. The van der Waals surface area contributed by atoms with Gasteiger partial charge in [0.05, 0.1) is 11.6 Å². The van der Waals surface area contributed by atoms with Crippen LogP contribution in [0.2, 0.25) is 0 Å². The van der Waals surface area contributed by atoms with Gasteiger partial charge in [-0.1, -0.05) is 18.2 Å². The molecule has 0 amide bonds. The Balaban J connectivity index is 0.00000144. The van der Waals surface area contributed by atoms with Gasteiger partial charge in [-0.3, -0.25) is 4.90 Å². The second kappa shape index (κ2) is 9.06. The number of rotatable bonds is 3. The second-order valence-corrected chi connectivity index (χ2v) is 6.30. The topological polar surface area (TPSA) is 15.3 Å². The highest BCUT2D eigenvalue weighted by Gasteiger charge is 2.31. The predicted molar refractivity (Wildman–Crippen MR) is 96.5 cm³/mol. The van der Waals surface area contributed by atoms with Crippen LogP contribution in [0.25, 0.3) is 0 Å². The monoisotopic (exact) mass is 398 g/mol. The summed E-state index contributed by atoms with van der Waals surface area (Å²) in [7, 11) is 0. The average molecular weight is 399 g/mol. The zero-order chi connectivity index (χ0) is 15.6. The first-order valence-corrected chi connectivity index (χ1v) is 8.09. The fourth-order valence-electron chi connectivity index (χ4n) is 2.80. The first-order chi connectivity index (χ1) is 10.6. The number of hydrogen-bond acceptors (Lipinski definition) is 3. The standard InChI is InChI=1S/C16H17F3N2S.2ClH/c17-16(18,19)13-5-3-12(4-6-13)15(14-2-1-11-22-14)21-9-7-20-8-10-21;;/h1-6,11,15,20H,7-10H2;2*1H/t15-;;/m1../s1. The van der Waals surface area contributed by atoms with E-state index >= 15 is 0 Å². The van der Waals surface area contributed by atoms with Crippen LogP contribution in [0.1, 0.15) is 22.0 Å². The van der Waals surface area contributed by atoms with Crippen LogP contribution in [0, 0.1) is 0 Å². The van der Waals surface area contributed by atoms with E-state index in [0.717, 1.165) is 31.7 Å². The molecular formula is C16H19Cl2F3N2S. The summed E-state index contributed by atoms with van der Waals surface area (Å²) >= 11 is 1.64. The SMILES string of the molecule is Cl.Cl.FC(F)(F)c1ccc([C@H](c2cccs2)N2CCNCC2)cc1. The molecule has 1 aliphatic heterocycles. The van der Waals surface area contributed by atoms with E-state index in [-0.39, 0.29) is 30.9 Å². The molecule has 134 valence electrons. The summed E-state index contributed by atoms with van der Waals surface area (Å²) in [5, 5.41) is 5.32. The number of piperazine rings is 1. The van der Waals surface area contributed by atoms with E-state index in [1.807, 2.05) is 11.4 Å². The average Bonchev–Trinajstić information content (AvgIpc) is 3.02. The van der Waals surface area contributed by atoms with E-state index < -0.39 is 11.7 Å². The number of nitrogens with one attached hydrogen (secondary N) is 1. The lowest BCUT2D eigenvalue weighted by Gasteiger charge is -2.34. The van der Waals surface area contributed by atoms with Crippen molar-refractivity contribution in [3.8, 4) is 0 Å². The molecule has 3 rings (SSSR count). The van der Waals surface area contributed by atoms with Crippen LogP contribution < -0.4 is 5.32 Å². The van der Waals surface area contributed by atoms with Crippen molar-refractivity contribution in [3.05, 3.63) is 57.8 Å². The van der Waals surface area contributed by atoms with Crippen LogP contribution >= 0.6 is 36.2 Å². The minimum atomic E-state index is -4.29. The van der Waals surface area contributed by atoms with Crippen LogP contribution in [-0.2, 0) is 6.18 Å². The maximum atomic E-state index is 12.7. The van der Waals surface area contributed by atoms with Crippen LogP contribution in [-0.4, -0.2) is 31.1 Å². The Labute approximate surface area is 155 Å². The quantitative estimate of drug-likeness (QED) is 0.812. The van der Waals surface area contributed by atoms with Crippen molar-refractivity contribution in [1.29, 1.82) is 0 Å². The van der Waals surface area contributed by atoms with Crippen LogP contribution in [0.4, 0.5) is 13.2 Å². The summed E-state index contributed by atoms with van der Waals surface area (Å²) in [6.45, 7) is 3.60. The van der Waals surface area contributed by atoms with Crippen molar-refractivity contribution >= 4 is 36.2 Å². The van der Waals surface area contributed by atoms with Gasteiger partial charge in [0, 0.05) is 31.1 Å². The molecule has 1 aromatic carbocycles. The molecule has 2 heterocycles. The molecule has 1 fully saturated rings. The molecule has 0 radical (unpaired) electrons. The van der Waals surface area contributed by atoms with Crippen LogP contribution in [0.5, 0.6) is 0 Å². The molecule has 2 nitrogen and oxygen atoms in total. The van der Waals surface area contributed by atoms with Gasteiger partial charge in [0.1, 0.15) is 0 Å². The molecule has 1 aliphatic rings. The predicted octanol–water partition coefficient (Wildman–Crippen LogP) is 4.61. The normalized spacial score (nSPS) is 16.8. The Morgan fingerprint density at radius 2 is 1.62 bits per heavy atom. The van der Waals surface area contributed by atoms with Crippen molar-refractivity contribution in [1.82, 2.24) is 10.2 Å². The van der Waals surface area contributed by atoms with E-state index in [2.05, 4.69) is 16.3 Å². The molecule has 1 saturated heterocycles. The fourth-order valence-corrected chi connectivity index (χ4v) is 3.68. The van der Waals surface area contributed by atoms with Gasteiger partial charge in [-0.2, -0.15) is 13.2 Å². The van der Waals surface area contributed by atoms with E-state index in [1.165, 1.54) is 17.0 Å². The lowest BCUT2D eigenvalue weighted by Crippen LogP contribution is -2.45. The Kier molecular flexibility index (Phi) is 8.02. The highest BCUT2D eigenvalue weighted by atomic mass is 35.5. The van der Waals surface area contributed by atoms with E-state index in [9.17, 15) is 13.2 Å². The summed E-state index contributed by atoms with van der Waals surface area (Å²) in [6, 6.07) is 9.64. The lowest BCUT2D eigenvalue weighted by atomic mass is 10.0. The molecule has 8 heteroatoms. The molecule has 0 saturated carbocycles. The third kappa shape index (κ3) is 4.86.